The van der Waals surface area contributed by atoms with Crippen LogP contribution >= 0.6 is 11.8 Å². The third-order valence-electron chi connectivity index (χ3n) is 5.28. The standard InChI is InChI=1S/C25H23N5O6S/c1-2-35-17-9-5-14(6-10-17)18(31)13-36-24(34)15-3-7-16(8-4-15)30-22(32)11-19(23(30)33)37-25-28-20(26)12-21(27)29-25/h3-10,12,19H,2,11,13H2,1H3,(H4,26,27,28,29). The van der Waals surface area contributed by atoms with Crippen molar-refractivity contribution in [2.45, 2.75) is 23.8 Å². The fourth-order valence-electron chi connectivity index (χ4n) is 3.56. The summed E-state index contributed by atoms with van der Waals surface area (Å²) in [7, 11) is 0. The normalized spacial score (nSPS) is 15.1. The van der Waals surface area contributed by atoms with Gasteiger partial charge >= 0.3 is 5.97 Å². The zero-order chi connectivity index (χ0) is 26.5. The summed E-state index contributed by atoms with van der Waals surface area (Å²) in [6, 6.07) is 13.7. The van der Waals surface area contributed by atoms with E-state index in [1.165, 1.54) is 30.3 Å². The van der Waals surface area contributed by atoms with E-state index in [2.05, 4.69) is 9.97 Å². The lowest BCUT2D eigenvalue weighted by Crippen LogP contribution is -2.31. The quantitative estimate of drug-likeness (QED) is 0.184. The molecule has 0 saturated carbocycles. The average molecular weight is 522 g/mol. The van der Waals surface area contributed by atoms with Crippen molar-refractivity contribution in [1.29, 1.82) is 0 Å². The number of nitrogen functional groups attached to an aromatic ring is 2. The van der Waals surface area contributed by atoms with Crippen LogP contribution in [0.1, 0.15) is 34.1 Å². The molecule has 2 amide bonds. The third-order valence-corrected chi connectivity index (χ3v) is 6.33. The summed E-state index contributed by atoms with van der Waals surface area (Å²) in [6.07, 6.45) is -0.0565. The Morgan fingerprint density at radius 1 is 1.00 bits per heavy atom. The highest BCUT2D eigenvalue weighted by Gasteiger charge is 2.40. The summed E-state index contributed by atoms with van der Waals surface area (Å²) < 4.78 is 10.5. The van der Waals surface area contributed by atoms with Crippen molar-refractivity contribution in [3.05, 3.63) is 65.7 Å². The first kappa shape index (κ1) is 25.6. The highest BCUT2D eigenvalue weighted by molar-refractivity contribution is 8.00. The van der Waals surface area contributed by atoms with Gasteiger partial charge in [-0.25, -0.2) is 19.7 Å². The molecule has 0 radical (unpaired) electrons. The first-order chi connectivity index (χ1) is 17.7. The molecule has 1 fully saturated rings. The summed E-state index contributed by atoms with van der Waals surface area (Å²) in [6.45, 7) is 1.93. The highest BCUT2D eigenvalue weighted by atomic mass is 32.2. The lowest BCUT2D eigenvalue weighted by Gasteiger charge is -2.15. The Morgan fingerprint density at radius 3 is 2.24 bits per heavy atom. The van der Waals surface area contributed by atoms with Crippen LogP contribution in [0.3, 0.4) is 0 Å². The number of ether oxygens (including phenoxy) is 2. The molecule has 0 bridgehead atoms. The maximum Gasteiger partial charge on any atom is 0.338 e. The second-order valence-electron chi connectivity index (χ2n) is 7.88. The minimum absolute atomic E-state index is 0.0565. The number of nitrogens with zero attached hydrogens (tertiary/aromatic N) is 3. The molecule has 0 spiro atoms. The molecule has 2 aromatic carbocycles. The number of hydrogen-bond donors (Lipinski definition) is 2. The van der Waals surface area contributed by atoms with E-state index >= 15 is 0 Å². The summed E-state index contributed by atoms with van der Waals surface area (Å²) >= 11 is 1.00. The number of carbonyl (C=O) groups excluding carboxylic acids is 4. The highest BCUT2D eigenvalue weighted by Crippen LogP contribution is 2.33. The van der Waals surface area contributed by atoms with E-state index in [4.69, 9.17) is 20.9 Å². The van der Waals surface area contributed by atoms with Crippen molar-refractivity contribution in [1.82, 2.24) is 9.97 Å². The molecule has 1 aliphatic rings. The van der Waals surface area contributed by atoms with E-state index in [0.29, 0.717) is 23.6 Å². The van der Waals surface area contributed by atoms with Crippen LogP contribution in [0.4, 0.5) is 17.3 Å². The van der Waals surface area contributed by atoms with E-state index in [1.807, 2.05) is 6.92 Å². The largest absolute Gasteiger partial charge is 0.494 e. The summed E-state index contributed by atoms with van der Waals surface area (Å²) in [5.41, 5.74) is 12.2. The third kappa shape index (κ3) is 6.04. The molecular formula is C25H23N5O6S. The zero-order valence-electron chi connectivity index (χ0n) is 19.7. The number of rotatable bonds is 9. The Hall–Kier alpha value is -4.45. The van der Waals surface area contributed by atoms with Crippen LogP contribution < -0.4 is 21.1 Å². The maximum atomic E-state index is 12.9. The number of Topliss-reactive ketones (excluding diaryl/α,β-unsaturated/α-hetero) is 1. The Bertz CT molecular complexity index is 1330. The van der Waals surface area contributed by atoms with Crippen molar-refractivity contribution in [3.63, 3.8) is 0 Å². The van der Waals surface area contributed by atoms with Crippen LogP contribution in [0.25, 0.3) is 0 Å². The molecule has 1 aliphatic heterocycles. The molecule has 4 rings (SSSR count). The number of benzene rings is 2. The molecule has 4 N–H and O–H groups in total. The van der Waals surface area contributed by atoms with Gasteiger partial charge in [0.05, 0.1) is 17.9 Å². The van der Waals surface area contributed by atoms with E-state index in [1.54, 1.807) is 24.3 Å². The molecule has 0 aliphatic carbocycles. The Morgan fingerprint density at radius 2 is 1.62 bits per heavy atom. The van der Waals surface area contributed by atoms with Crippen LogP contribution in [-0.4, -0.2) is 52.0 Å². The van der Waals surface area contributed by atoms with Crippen LogP contribution in [0.15, 0.2) is 59.8 Å². The molecular weight excluding hydrogens is 498 g/mol. The Balaban J connectivity index is 1.36. The summed E-state index contributed by atoms with van der Waals surface area (Å²) in [5, 5.41) is -0.546. The van der Waals surface area contributed by atoms with Crippen molar-refractivity contribution in [2.24, 2.45) is 0 Å². The number of nitrogens with two attached hydrogens (primary N) is 2. The summed E-state index contributed by atoms with van der Waals surface area (Å²) in [5.74, 6) is -0.977. The van der Waals surface area contributed by atoms with Crippen molar-refractivity contribution in [3.8, 4) is 5.75 Å². The predicted octanol–water partition coefficient (Wildman–Crippen LogP) is 2.50. The van der Waals surface area contributed by atoms with Crippen LogP contribution in [-0.2, 0) is 14.3 Å². The maximum absolute atomic E-state index is 12.9. The molecule has 2 heterocycles. The number of aromatic nitrogens is 2. The second-order valence-corrected chi connectivity index (χ2v) is 9.05. The number of carbonyl (C=O) groups is 4. The average Bonchev–Trinajstić information content (AvgIpc) is 3.14. The van der Waals surface area contributed by atoms with E-state index < -0.39 is 29.6 Å². The fourth-order valence-corrected chi connectivity index (χ4v) is 4.56. The van der Waals surface area contributed by atoms with Gasteiger partial charge < -0.3 is 20.9 Å². The lowest BCUT2D eigenvalue weighted by molar-refractivity contribution is -0.121. The molecule has 37 heavy (non-hydrogen) atoms. The van der Waals surface area contributed by atoms with E-state index in [0.717, 1.165) is 16.7 Å². The molecule has 12 heteroatoms. The van der Waals surface area contributed by atoms with Crippen molar-refractivity contribution < 1.29 is 28.7 Å². The number of thioether (sulfide) groups is 1. The zero-order valence-corrected chi connectivity index (χ0v) is 20.6. The number of anilines is 3. The van der Waals surface area contributed by atoms with Crippen LogP contribution in [0, 0.1) is 0 Å². The number of hydrogen-bond acceptors (Lipinski definition) is 11. The predicted molar refractivity (Wildman–Crippen MR) is 136 cm³/mol. The van der Waals surface area contributed by atoms with Gasteiger partial charge in [0.15, 0.2) is 17.5 Å². The molecule has 1 aromatic heterocycles. The van der Waals surface area contributed by atoms with Gasteiger partial charge in [0.2, 0.25) is 11.8 Å². The van der Waals surface area contributed by atoms with Gasteiger partial charge in [0.25, 0.3) is 0 Å². The van der Waals surface area contributed by atoms with Gasteiger partial charge in [0, 0.05) is 18.1 Å². The number of esters is 1. The monoisotopic (exact) mass is 521 g/mol. The first-order valence-electron chi connectivity index (χ1n) is 11.2. The van der Waals surface area contributed by atoms with Gasteiger partial charge in [-0.2, -0.15) is 0 Å². The fraction of sp³-hybridized carbons (Fsp3) is 0.200. The Labute approximate surface area is 216 Å². The lowest BCUT2D eigenvalue weighted by atomic mass is 10.1. The smallest absolute Gasteiger partial charge is 0.338 e. The van der Waals surface area contributed by atoms with Gasteiger partial charge in [-0.15, -0.1) is 0 Å². The molecule has 1 unspecified atom stereocenters. The molecule has 190 valence electrons. The van der Waals surface area contributed by atoms with E-state index in [9.17, 15) is 19.2 Å². The molecule has 3 aromatic rings. The second kappa shape index (κ2) is 11.1. The van der Waals surface area contributed by atoms with Gasteiger partial charge in [0.1, 0.15) is 22.6 Å². The molecule has 1 atom stereocenters. The van der Waals surface area contributed by atoms with E-state index in [-0.39, 0.29) is 34.6 Å². The minimum atomic E-state index is -0.744. The van der Waals surface area contributed by atoms with Gasteiger partial charge in [-0.3, -0.25) is 14.4 Å². The molecule has 1 saturated heterocycles. The topological polar surface area (TPSA) is 168 Å². The first-order valence-corrected chi connectivity index (χ1v) is 12.1. The Kier molecular flexibility index (Phi) is 7.68. The van der Waals surface area contributed by atoms with Crippen molar-refractivity contribution >= 4 is 52.7 Å². The van der Waals surface area contributed by atoms with Gasteiger partial charge in [-0.05, 0) is 55.5 Å². The number of imide groups is 1. The van der Waals surface area contributed by atoms with Crippen LogP contribution in [0.5, 0.6) is 5.75 Å². The van der Waals surface area contributed by atoms with Crippen LogP contribution in [0.2, 0.25) is 0 Å². The SMILES string of the molecule is CCOc1ccc(C(=O)COC(=O)c2ccc(N3C(=O)CC(Sc4nc(N)cc(N)n4)C3=O)cc2)cc1. The number of amides is 2. The minimum Gasteiger partial charge on any atom is -0.494 e. The van der Waals surface area contributed by atoms with Crippen molar-refractivity contribution in [2.75, 3.05) is 29.6 Å². The summed E-state index contributed by atoms with van der Waals surface area (Å²) in [4.78, 5) is 59.3. The molecule has 11 nitrogen and oxygen atoms in total. The number of ketones is 1. The van der Waals surface area contributed by atoms with Gasteiger partial charge in [-0.1, -0.05) is 11.8 Å².